The summed E-state index contributed by atoms with van der Waals surface area (Å²) in [6.07, 6.45) is 9.10. The summed E-state index contributed by atoms with van der Waals surface area (Å²) in [4.78, 5) is 21.2. The Morgan fingerprint density at radius 1 is 1.42 bits per heavy atom. The summed E-state index contributed by atoms with van der Waals surface area (Å²) in [5, 5.41) is 3.62. The minimum Gasteiger partial charge on any atom is -0.347 e. The molecule has 0 aromatic carbocycles. The molecule has 0 spiro atoms. The van der Waals surface area contributed by atoms with Crippen molar-refractivity contribution < 1.29 is 4.79 Å². The van der Waals surface area contributed by atoms with Crippen LogP contribution in [0.5, 0.6) is 0 Å². The zero-order valence-corrected chi connectivity index (χ0v) is 11.4. The molecule has 2 N–H and O–H groups in total. The minimum atomic E-state index is 0.239. The van der Waals surface area contributed by atoms with E-state index >= 15 is 0 Å². The van der Waals surface area contributed by atoms with Crippen molar-refractivity contribution >= 4 is 5.91 Å². The summed E-state index contributed by atoms with van der Waals surface area (Å²) in [5.74, 6) is 1.65. The maximum absolute atomic E-state index is 12.2. The fraction of sp³-hybridized carbons (Fsp3) is 0.714. The summed E-state index contributed by atoms with van der Waals surface area (Å²) >= 11 is 0. The van der Waals surface area contributed by atoms with Gasteiger partial charge in [0.25, 0.3) is 0 Å². The number of amides is 1. The molecule has 3 heterocycles. The molecule has 1 aromatic heterocycles. The average molecular weight is 262 g/mol. The Labute approximate surface area is 113 Å². The Bertz CT molecular complexity index is 419. The van der Waals surface area contributed by atoms with Gasteiger partial charge in [-0.1, -0.05) is 0 Å². The molecule has 0 radical (unpaired) electrons. The van der Waals surface area contributed by atoms with E-state index in [0.29, 0.717) is 31.0 Å². The molecule has 2 saturated heterocycles. The van der Waals surface area contributed by atoms with E-state index < -0.39 is 0 Å². The third-order valence-electron chi connectivity index (χ3n) is 4.40. The molecule has 5 nitrogen and oxygen atoms in total. The number of carbonyl (C=O) groups excluding carboxylic acids is 1. The van der Waals surface area contributed by atoms with Gasteiger partial charge in [-0.2, -0.15) is 0 Å². The normalized spacial score (nSPS) is 29.4. The van der Waals surface area contributed by atoms with E-state index in [1.54, 1.807) is 17.3 Å². The van der Waals surface area contributed by atoms with Crippen molar-refractivity contribution in [2.45, 2.75) is 50.7 Å². The molecule has 104 valence electrons. The molecular formula is C14H22N4O. The van der Waals surface area contributed by atoms with Crippen LogP contribution in [-0.2, 0) is 11.3 Å². The standard InChI is InChI=1S/C14H22N4O/c1-18(9-13-15-4-5-16-13)14(19)8-10-6-11-2-3-12(7-10)17-11/h4-5,10-12,17H,2-3,6-9H2,1H3,(H,15,16). The fourth-order valence-corrected chi connectivity index (χ4v) is 3.44. The number of nitrogens with zero attached hydrogens (tertiary/aromatic N) is 2. The number of fused-ring (bicyclic) bond motifs is 2. The van der Waals surface area contributed by atoms with E-state index in [1.165, 1.54) is 12.8 Å². The van der Waals surface area contributed by atoms with Crippen molar-refractivity contribution in [3.63, 3.8) is 0 Å². The number of piperidine rings is 1. The molecule has 3 rings (SSSR count). The number of hydrogen-bond donors (Lipinski definition) is 2. The first-order valence-electron chi connectivity index (χ1n) is 7.19. The van der Waals surface area contributed by atoms with Crippen LogP contribution in [0, 0.1) is 5.92 Å². The molecule has 2 atom stereocenters. The second-order valence-electron chi connectivity index (χ2n) is 5.97. The Kier molecular flexibility index (Phi) is 3.55. The van der Waals surface area contributed by atoms with Crippen molar-refractivity contribution in [1.29, 1.82) is 0 Å². The first-order chi connectivity index (χ1) is 9.20. The topological polar surface area (TPSA) is 61.0 Å². The zero-order chi connectivity index (χ0) is 13.2. The Morgan fingerprint density at radius 3 is 2.79 bits per heavy atom. The molecule has 2 aliphatic rings. The van der Waals surface area contributed by atoms with Crippen LogP contribution in [0.15, 0.2) is 12.4 Å². The fourth-order valence-electron chi connectivity index (χ4n) is 3.44. The monoisotopic (exact) mass is 262 g/mol. The highest BCUT2D eigenvalue weighted by Crippen LogP contribution is 2.32. The predicted molar refractivity (Wildman–Crippen MR) is 72.3 cm³/mol. The Morgan fingerprint density at radius 2 is 2.16 bits per heavy atom. The molecule has 2 aliphatic heterocycles. The number of aromatic nitrogens is 2. The van der Waals surface area contributed by atoms with Gasteiger partial charge in [0, 0.05) is 37.9 Å². The molecule has 0 aliphatic carbocycles. The lowest BCUT2D eigenvalue weighted by atomic mass is 9.89. The molecule has 1 aromatic rings. The van der Waals surface area contributed by atoms with Crippen molar-refractivity contribution in [2.75, 3.05) is 7.05 Å². The second-order valence-corrected chi connectivity index (χ2v) is 5.97. The number of aromatic amines is 1. The van der Waals surface area contributed by atoms with Crippen molar-refractivity contribution in [2.24, 2.45) is 5.92 Å². The maximum Gasteiger partial charge on any atom is 0.222 e. The van der Waals surface area contributed by atoms with Crippen LogP contribution in [0.3, 0.4) is 0 Å². The van der Waals surface area contributed by atoms with Gasteiger partial charge in [-0.05, 0) is 31.6 Å². The Balaban J connectivity index is 1.50. The summed E-state index contributed by atoms with van der Waals surface area (Å²) in [6, 6.07) is 1.32. The average Bonchev–Trinajstić information content (AvgIpc) is 2.99. The first kappa shape index (κ1) is 12.7. The lowest BCUT2D eigenvalue weighted by Gasteiger charge is -2.29. The molecule has 2 bridgehead atoms. The van der Waals surface area contributed by atoms with Crippen LogP contribution in [-0.4, -0.2) is 39.9 Å². The van der Waals surface area contributed by atoms with Gasteiger partial charge in [-0.25, -0.2) is 4.98 Å². The van der Waals surface area contributed by atoms with Gasteiger partial charge in [-0.15, -0.1) is 0 Å². The largest absolute Gasteiger partial charge is 0.347 e. The van der Waals surface area contributed by atoms with Gasteiger partial charge in [0.1, 0.15) is 5.82 Å². The van der Waals surface area contributed by atoms with Crippen LogP contribution in [0.25, 0.3) is 0 Å². The van der Waals surface area contributed by atoms with Crippen LogP contribution < -0.4 is 5.32 Å². The van der Waals surface area contributed by atoms with E-state index in [0.717, 1.165) is 18.7 Å². The third-order valence-corrected chi connectivity index (χ3v) is 4.40. The van der Waals surface area contributed by atoms with Crippen molar-refractivity contribution in [3.8, 4) is 0 Å². The molecular weight excluding hydrogens is 240 g/mol. The molecule has 0 saturated carbocycles. The molecule has 1 amide bonds. The van der Waals surface area contributed by atoms with E-state index in [1.807, 2.05) is 7.05 Å². The minimum absolute atomic E-state index is 0.239. The predicted octanol–water partition coefficient (Wildman–Crippen LogP) is 1.29. The van der Waals surface area contributed by atoms with E-state index in [9.17, 15) is 4.79 Å². The lowest BCUT2D eigenvalue weighted by Crippen LogP contribution is -2.40. The van der Waals surface area contributed by atoms with Crippen molar-refractivity contribution in [1.82, 2.24) is 20.2 Å². The summed E-state index contributed by atoms with van der Waals surface area (Å²) in [6.45, 7) is 0.573. The number of rotatable bonds is 4. The number of carbonyl (C=O) groups is 1. The van der Waals surface area contributed by atoms with Crippen LogP contribution in [0.1, 0.15) is 37.9 Å². The highest BCUT2D eigenvalue weighted by atomic mass is 16.2. The molecule has 5 heteroatoms. The van der Waals surface area contributed by atoms with Crippen LogP contribution in [0.2, 0.25) is 0 Å². The first-order valence-corrected chi connectivity index (χ1v) is 7.19. The summed E-state index contributed by atoms with van der Waals surface area (Å²) < 4.78 is 0. The summed E-state index contributed by atoms with van der Waals surface area (Å²) in [5.41, 5.74) is 0. The van der Waals surface area contributed by atoms with Gasteiger partial charge in [-0.3, -0.25) is 4.79 Å². The quantitative estimate of drug-likeness (QED) is 0.859. The van der Waals surface area contributed by atoms with Gasteiger partial charge >= 0.3 is 0 Å². The zero-order valence-electron chi connectivity index (χ0n) is 11.4. The van der Waals surface area contributed by atoms with Gasteiger partial charge in [0.2, 0.25) is 5.91 Å². The molecule has 19 heavy (non-hydrogen) atoms. The van der Waals surface area contributed by atoms with E-state index in [-0.39, 0.29) is 5.91 Å². The van der Waals surface area contributed by atoms with E-state index in [2.05, 4.69) is 15.3 Å². The van der Waals surface area contributed by atoms with Gasteiger partial charge in [0.05, 0.1) is 6.54 Å². The second kappa shape index (κ2) is 5.33. The molecule has 2 unspecified atom stereocenters. The van der Waals surface area contributed by atoms with Crippen molar-refractivity contribution in [3.05, 3.63) is 18.2 Å². The summed E-state index contributed by atoms with van der Waals surface area (Å²) in [7, 11) is 1.86. The van der Waals surface area contributed by atoms with E-state index in [4.69, 9.17) is 0 Å². The third kappa shape index (κ3) is 2.97. The number of imidazole rings is 1. The number of H-pyrrole nitrogens is 1. The van der Waals surface area contributed by atoms with Crippen LogP contribution in [0.4, 0.5) is 0 Å². The highest BCUT2D eigenvalue weighted by Gasteiger charge is 2.34. The highest BCUT2D eigenvalue weighted by molar-refractivity contribution is 5.76. The van der Waals surface area contributed by atoms with Gasteiger partial charge < -0.3 is 15.2 Å². The smallest absolute Gasteiger partial charge is 0.222 e. The Hall–Kier alpha value is -1.36. The molecule has 2 fully saturated rings. The maximum atomic E-state index is 12.2. The SMILES string of the molecule is CN(Cc1ncc[nH]1)C(=O)CC1CC2CCC(C1)N2. The number of nitrogens with one attached hydrogen (secondary N) is 2. The van der Waals surface area contributed by atoms with Crippen LogP contribution >= 0.6 is 0 Å². The van der Waals surface area contributed by atoms with Gasteiger partial charge in [0.15, 0.2) is 0 Å². The lowest BCUT2D eigenvalue weighted by molar-refractivity contribution is -0.131. The number of hydrogen-bond acceptors (Lipinski definition) is 3.